The molecule has 1 N–H and O–H groups in total. The second-order valence-electron chi connectivity index (χ2n) is 5.13. The zero-order valence-corrected chi connectivity index (χ0v) is 10.7. The summed E-state index contributed by atoms with van der Waals surface area (Å²) in [5.41, 5.74) is -0.0297. The number of hydrogen-bond acceptors (Lipinski definition) is 2. The van der Waals surface area contributed by atoms with E-state index < -0.39 is 11.6 Å². The average molecular weight is 243 g/mol. The van der Waals surface area contributed by atoms with Crippen LogP contribution >= 0.6 is 0 Å². The van der Waals surface area contributed by atoms with Crippen LogP contribution in [0, 0.1) is 11.6 Å². The third-order valence-corrected chi connectivity index (χ3v) is 2.14. The van der Waals surface area contributed by atoms with E-state index >= 15 is 0 Å². The summed E-state index contributed by atoms with van der Waals surface area (Å²) in [7, 11) is 0. The maximum atomic E-state index is 13.3. The summed E-state index contributed by atoms with van der Waals surface area (Å²) in [5.74, 6) is -1.10. The van der Waals surface area contributed by atoms with Crippen LogP contribution in [0.3, 0.4) is 0 Å². The number of nitrogens with one attached hydrogen (secondary N) is 1. The first-order valence-corrected chi connectivity index (χ1v) is 5.64. The Labute approximate surface area is 101 Å². The van der Waals surface area contributed by atoms with Gasteiger partial charge in [0.25, 0.3) is 0 Å². The van der Waals surface area contributed by atoms with Crippen molar-refractivity contribution < 1.29 is 13.5 Å². The molecule has 0 amide bonds. The summed E-state index contributed by atoms with van der Waals surface area (Å²) in [6, 6.07) is 3.19. The Kier molecular flexibility index (Phi) is 4.46. The number of halogens is 2. The molecule has 1 unspecified atom stereocenters. The Bertz CT molecular complexity index is 374. The molecule has 0 aliphatic rings. The average Bonchev–Trinajstić information content (AvgIpc) is 2.20. The molecule has 1 aromatic carbocycles. The third-order valence-electron chi connectivity index (χ3n) is 2.14. The van der Waals surface area contributed by atoms with Crippen LogP contribution in [0.15, 0.2) is 18.2 Å². The van der Waals surface area contributed by atoms with E-state index in [-0.39, 0.29) is 17.4 Å². The first kappa shape index (κ1) is 13.9. The van der Waals surface area contributed by atoms with Gasteiger partial charge in [0.05, 0.1) is 0 Å². The van der Waals surface area contributed by atoms with Crippen molar-refractivity contribution in [3.8, 4) is 5.75 Å². The van der Waals surface area contributed by atoms with Gasteiger partial charge in [-0.25, -0.2) is 8.78 Å². The van der Waals surface area contributed by atoms with Gasteiger partial charge in [-0.2, -0.15) is 0 Å². The number of rotatable bonds is 4. The van der Waals surface area contributed by atoms with Gasteiger partial charge in [-0.15, -0.1) is 0 Å². The van der Waals surface area contributed by atoms with Crippen molar-refractivity contribution in [1.29, 1.82) is 0 Å². The molecule has 0 saturated heterocycles. The molecule has 2 nitrogen and oxygen atoms in total. The molecule has 1 atom stereocenters. The molecule has 0 heterocycles. The van der Waals surface area contributed by atoms with Crippen molar-refractivity contribution >= 4 is 0 Å². The van der Waals surface area contributed by atoms with Gasteiger partial charge in [-0.1, -0.05) is 0 Å². The maximum absolute atomic E-state index is 13.3. The topological polar surface area (TPSA) is 21.3 Å². The lowest BCUT2D eigenvalue weighted by Crippen LogP contribution is -2.41. The van der Waals surface area contributed by atoms with E-state index in [0.29, 0.717) is 6.54 Å². The van der Waals surface area contributed by atoms with Gasteiger partial charge in [0.15, 0.2) is 11.6 Å². The minimum atomic E-state index is -0.547. The first-order valence-electron chi connectivity index (χ1n) is 5.64. The van der Waals surface area contributed by atoms with Crippen molar-refractivity contribution in [3.63, 3.8) is 0 Å². The predicted octanol–water partition coefficient (Wildman–Crippen LogP) is 3.12. The standard InChI is InChI=1S/C13H19F2NO/c1-9(8-16-13(2,3)4)17-12-7-10(14)5-6-11(12)15/h5-7,9,16H,8H2,1-4H3. The quantitative estimate of drug-likeness (QED) is 0.877. The largest absolute Gasteiger partial charge is 0.486 e. The molecule has 0 bridgehead atoms. The summed E-state index contributed by atoms with van der Waals surface area (Å²) < 4.78 is 31.5. The van der Waals surface area contributed by atoms with E-state index in [2.05, 4.69) is 5.32 Å². The van der Waals surface area contributed by atoms with E-state index in [0.717, 1.165) is 18.2 Å². The molecule has 4 heteroatoms. The smallest absolute Gasteiger partial charge is 0.165 e. The lowest BCUT2D eigenvalue weighted by atomic mass is 10.1. The fraction of sp³-hybridized carbons (Fsp3) is 0.538. The monoisotopic (exact) mass is 243 g/mol. The molecular weight excluding hydrogens is 224 g/mol. The second kappa shape index (κ2) is 5.45. The van der Waals surface area contributed by atoms with Crippen LogP contribution in [0.2, 0.25) is 0 Å². The van der Waals surface area contributed by atoms with Crippen LogP contribution in [0.4, 0.5) is 8.78 Å². The summed E-state index contributed by atoms with van der Waals surface area (Å²) in [5, 5.41) is 3.23. The molecule has 0 aliphatic heterocycles. The summed E-state index contributed by atoms with van der Waals surface area (Å²) in [4.78, 5) is 0. The highest BCUT2D eigenvalue weighted by Crippen LogP contribution is 2.19. The van der Waals surface area contributed by atoms with Crippen LogP contribution in [-0.2, 0) is 0 Å². The zero-order valence-electron chi connectivity index (χ0n) is 10.7. The van der Waals surface area contributed by atoms with E-state index in [1.807, 2.05) is 27.7 Å². The van der Waals surface area contributed by atoms with Gasteiger partial charge >= 0.3 is 0 Å². The SMILES string of the molecule is CC(CNC(C)(C)C)Oc1cc(F)ccc1F. The Hall–Kier alpha value is -1.16. The lowest BCUT2D eigenvalue weighted by molar-refractivity contribution is 0.194. The summed E-state index contributed by atoms with van der Waals surface area (Å²) in [6.45, 7) is 8.47. The Morgan fingerprint density at radius 1 is 1.29 bits per heavy atom. The summed E-state index contributed by atoms with van der Waals surface area (Å²) >= 11 is 0. The van der Waals surface area contributed by atoms with Crippen molar-refractivity contribution in [2.24, 2.45) is 0 Å². The highest BCUT2D eigenvalue weighted by atomic mass is 19.1. The number of benzene rings is 1. The second-order valence-corrected chi connectivity index (χ2v) is 5.13. The molecule has 1 rings (SSSR count). The third kappa shape index (κ3) is 5.13. The van der Waals surface area contributed by atoms with Crippen LogP contribution < -0.4 is 10.1 Å². The van der Waals surface area contributed by atoms with Gasteiger partial charge in [-0.3, -0.25) is 0 Å². The van der Waals surface area contributed by atoms with Crippen molar-refractivity contribution in [2.45, 2.75) is 39.3 Å². The van der Waals surface area contributed by atoms with Crippen LogP contribution in [0.1, 0.15) is 27.7 Å². The van der Waals surface area contributed by atoms with Crippen molar-refractivity contribution in [1.82, 2.24) is 5.32 Å². The molecule has 0 fully saturated rings. The molecule has 17 heavy (non-hydrogen) atoms. The van der Waals surface area contributed by atoms with Gasteiger partial charge in [0.1, 0.15) is 11.9 Å². The molecular formula is C13H19F2NO. The molecule has 0 spiro atoms. The number of ether oxygens (including phenoxy) is 1. The minimum absolute atomic E-state index is 0.0297. The molecule has 0 aromatic heterocycles. The van der Waals surface area contributed by atoms with Crippen molar-refractivity contribution in [3.05, 3.63) is 29.8 Å². The first-order chi connectivity index (χ1) is 7.78. The Morgan fingerprint density at radius 2 is 1.94 bits per heavy atom. The maximum Gasteiger partial charge on any atom is 0.165 e. The van der Waals surface area contributed by atoms with Gasteiger partial charge < -0.3 is 10.1 Å². The zero-order chi connectivity index (χ0) is 13.1. The van der Waals surface area contributed by atoms with Gasteiger partial charge in [-0.05, 0) is 39.8 Å². The van der Waals surface area contributed by atoms with E-state index in [1.165, 1.54) is 0 Å². The molecule has 0 radical (unpaired) electrons. The van der Waals surface area contributed by atoms with Crippen LogP contribution in [0.25, 0.3) is 0 Å². The molecule has 0 aliphatic carbocycles. The highest BCUT2D eigenvalue weighted by molar-refractivity contribution is 5.25. The molecule has 1 aromatic rings. The predicted molar refractivity (Wildman–Crippen MR) is 64.2 cm³/mol. The summed E-state index contributed by atoms with van der Waals surface area (Å²) in [6.07, 6.45) is -0.231. The fourth-order valence-corrected chi connectivity index (χ4v) is 1.28. The highest BCUT2D eigenvalue weighted by Gasteiger charge is 2.13. The van der Waals surface area contributed by atoms with Gasteiger partial charge in [0.2, 0.25) is 0 Å². The van der Waals surface area contributed by atoms with Crippen molar-refractivity contribution in [2.75, 3.05) is 6.54 Å². The fourth-order valence-electron chi connectivity index (χ4n) is 1.28. The van der Waals surface area contributed by atoms with E-state index in [1.54, 1.807) is 0 Å². The van der Waals surface area contributed by atoms with Crippen LogP contribution in [-0.4, -0.2) is 18.2 Å². The van der Waals surface area contributed by atoms with E-state index in [4.69, 9.17) is 4.74 Å². The normalized spacial score (nSPS) is 13.5. The Balaban J connectivity index is 2.56. The van der Waals surface area contributed by atoms with E-state index in [9.17, 15) is 8.78 Å². The Morgan fingerprint density at radius 3 is 2.53 bits per heavy atom. The molecule has 0 saturated carbocycles. The minimum Gasteiger partial charge on any atom is -0.486 e. The van der Waals surface area contributed by atoms with Crippen LogP contribution in [0.5, 0.6) is 5.75 Å². The van der Waals surface area contributed by atoms with Gasteiger partial charge in [0, 0.05) is 18.2 Å². The number of hydrogen-bond donors (Lipinski definition) is 1. The molecule has 96 valence electrons. The lowest BCUT2D eigenvalue weighted by Gasteiger charge is -2.24.